The summed E-state index contributed by atoms with van der Waals surface area (Å²) in [5.74, 6) is 0.814. The van der Waals surface area contributed by atoms with Crippen molar-refractivity contribution in [2.24, 2.45) is 9.81 Å². The molecule has 182 valence electrons. The first-order valence-corrected chi connectivity index (χ1v) is 13.3. The number of rotatable bonds is 10. The molecule has 0 aliphatic rings. The Morgan fingerprint density at radius 3 is 2.27 bits per heavy atom. The maximum absolute atomic E-state index is 12.8. The fraction of sp³-hybridized carbons (Fsp3) is 0.538. The van der Waals surface area contributed by atoms with Gasteiger partial charge in [0.25, 0.3) is 0 Å². The Balaban J connectivity index is 2.40. The van der Waals surface area contributed by atoms with Crippen molar-refractivity contribution in [1.29, 1.82) is 0 Å². The van der Waals surface area contributed by atoms with Gasteiger partial charge in [-0.2, -0.15) is 4.40 Å². The molecule has 1 unspecified atom stereocenters. The number of carbonyl (C=O) groups excluding carboxylic acids is 1. The average molecular weight is 491 g/mol. The van der Waals surface area contributed by atoms with E-state index in [0.29, 0.717) is 0 Å². The molecule has 0 saturated heterocycles. The third-order valence-electron chi connectivity index (χ3n) is 6.01. The highest BCUT2D eigenvalue weighted by Crippen LogP contribution is 2.45. The van der Waals surface area contributed by atoms with Crippen molar-refractivity contribution < 1.29 is 13.7 Å². The fourth-order valence-corrected chi connectivity index (χ4v) is 6.32. The lowest BCUT2D eigenvalue weighted by atomic mass is 9.74. The van der Waals surface area contributed by atoms with Gasteiger partial charge in [0, 0.05) is 29.8 Å². The number of Topliss-reactive ketones (excluding diaryl/α,β-unsaturated/α-hetero) is 1. The van der Waals surface area contributed by atoms with Crippen LogP contribution in [0, 0.1) is 19.3 Å². The van der Waals surface area contributed by atoms with Gasteiger partial charge in [-0.1, -0.05) is 46.8 Å². The normalized spacial score (nSPS) is 13.4. The van der Waals surface area contributed by atoms with E-state index in [2.05, 4.69) is 36.4 Å². The summed E-state index contributed by atoms with van der Waals surface area (Å²) in [6, 6.07) is 8.41. The Morgan fingerprint density at radius 2 is 1.76 bits per heavy atom. The number of hydrogen-bond donors (Lipinski definition) is 0. The molecule has 0 N–H and O–H groups in total. The maximum Gasteiger partial charge on any atom is 0.184 e. The molecule has 0 amide bonds. The molecular weight excluding hydrogens is 452 g/mol. The molecule has 0 saturated carbocycles. The molecule has 0 aliphatic heterocycles. The van der Waals surface area contributed by atoms with E-state index in [1.807, 2.05) is 54.8 Å². The summed E-state index contributed by atoms with van der Waals surface area (Å²) in [7, 11) is 2.31. The van der Waals surface area contributed by atoms with Crippen LogP contribution in [0.1, 0.15) is 69.0 Å². The van der Waals surface area contributed by atoms with Gasteiger partial charge in [0.1, 0.15) is 22.9 Å². The van der Waals surface area contributed by atoms with Gasteiger partial charge in [0.15, 0.2) is 16.8 Å². The lowest BCUT2D eigenvalue weighted by Gasteiger charge is -2.32. The number of carbonyl (C=O) groups is 1. The topological polar surface area (TPSA) is 59.0 Å². The number of nitrogens with zero attached hydrogens (tertiary/aromatic N) is 2. The van der Waals surface area contributed by atoms with Crippen molar-refractivity contribution in [3.63, 3.8) is 0 Å². The van der Waals surface area contributed by atoms with E-state index in [9.17, 15) is 9.00 Å². The van der Waals surface area contributed by atoms with Crippen LogP contribution < -0.4 is 4.74 Å². The Kier molecular flexibility index (Phi) is 9.05. The van der Waals surface area contributed by atoms with Gasteiger partial charge in [-0.3, -0.25) is 4.79 Å². The van der Waals surface area contributed by atoms with Crippen LogP contribution in [0.3, 0.4) is 0 Å². The van der Waals surface area contributed by atoms with Gasteiger partial charge in [0.2, 0.25) is 0 Å². The second-order valence-electron chi connectivity index (χ2n) is 9.75. The van der Waals surface area contributed by atoms with E-state index in [1.54, 1.807) is 22.6 Å². The number of hydrogen-bond acceptors (Lipinski definition) is 4. The van der Waals surface area contributed by atoms with Crippen LogP contribution in [0.15, 0.2) is 32.9 Å². The minimum absolute atomic E-state index is 0.0726. The quantitative estimate of drug-likeness (QED) is 0.299. The molecule has 0 spiro atoms. The van der Waals surface area contributed by atoms with Crippen molar-refractivity contribution in [1.82, 2.24) is 4.90 Å². The van der Waals surface area contributed by atoms with Crippen LogP contribution in [0.4, 0.5) is 0 Å². The Bertz CT molecular complexity index is 1030. The van der Waals surface area contributed by atoms with Gasteiger partial charge in [-0.15, -0.1) is 11.3 Å². The van der Waals surface area contributed by atoms with E-state index in [0.717, 1.165) is 33.9 Å². The number of benzene rings is 1. The van der Waals surface area contributed by atoms with Crippen LogP contribution >= 0.6 is 11.3 Å². The molecule has 1 heterocycles. The molecule has 0 aliphatic carbocycles. The zero-order valence-corrected chi connectivity index (χ0v) is 23.1. The predicted octanol–water partition coefficient (Wildman–Crippen LogP) is 6.08. The summed E-state index contributed by atoms with van der Waals surface area (Å²) in [5, 5.41) is 0. The predicted molar refractivity (Wildman–Crippen MR) is 140 cm³/mol. The number of aryl methyl sites for hydroxylation is 2. The van der Waals surface area contributed by atoms with E-state index in [-0.39, 0.29) is 17.8 Å². The standard InChI is InChI=1S/C26H38N2O3S2/c1-10-26(11-2,23-15-19(4)24(32-23)33(30)27-17-28(8)9)20-12-13-21(18(3)14-20)31-16-22(29)25(5,6)7/h12-15,17H,10-11,16H2,1-9H3/b27-17+. The first-order chi connectivity index (χ1) is 15.4. The third kappa shape index (κ3) is 6.33. The van der Waals surface area contributed by atoms with Crippen molar-refractivity contribution >= 4 is 34.4 Å². The van der Waals surface area contributed by atoms with Gasteiger partial charge < -0.3 is 9.64 Å². The van der Waals surface area contributed by atoms with Crippen LogP contribution in [0.2, 0.25) is 0 Å². The molecule has 0 radical (unpaired) electrons. The highest BCUT2D eigenvalue weighted by molar-refractivity contribution is 7.86. The first kappa shape index (κ1) is 27.3. The minimum atomic E-state index is -1.42. The summed E-state index contributed by atoms with van der Waals surface area (Å²) < 4.78 is 23.6. The molecule has 33 heavy (non-hydrogen) atoms. The van der Waals surface area contributed by atoms with Gasteiger partial charge in [-0.05, 0) is 55.5 Å². The number of thiophene rings is 1. The molecule has 1 aromatic heterocycles. The number of ketones is 1. The van der Waals surface area contributed by atoms with Gasteiger partial charge >= 0.3 is 0 Å². The second kappa shape index (κ2) is 11.0. The highest BCUT2D eigenvalue weighted by Gasteiger charge is 2.34. The Morgan fingerprint density at radius 1 is 1.12 bits per heavy atom. The average Bonchev–Trinajstić information content (AvgIpc) is 3.13. The molecule has 2 aromatic rings. The van der Waals surface area contributed by atoms with Crippen LogP contribution in [0.25, 0.3) is 0 Å². The zero-order valence-electron chi connectivity index (χ0n) is 21.4. The van der Waals surface area contributed by atoms with E-state index < -0.39 is 16.4 Å². The van der Waals surface area contributed by atoms with E-state index >= 15 is 0 Å². The molecule has 7 heteroatoms. The van der Waals surface area contributed by atoms with Gasteiger partial charge in [0.05, 0.1) is 0 Å². The molecule has 2 rings (SSSR count). The maximum atomic E-state index is 12.8. The lowest BCUT2D eigenvalue weighted by Crippen LogP contribution is -2.27. The third-order valence-corrected chi connectivity index (χ3v) is 8.84. The fourth-order valence-electron chi connectivity index (χ4n) is 3.68. The van der Waals surface area contributed by atoms with E-state index in [4.69, 9.17) is 4.74 Å². The SMILES string of the molecule is CCC(CC)(c1ccc(OCC(=O)C(C)(C)C)c(C)c1)c1cc(C)c(S(=O)/N=C/N(C)C)s1. The summed E-state index contributed by atoms with van der Waals surface area (Å²) in [6.45, 7) is 14.2. The highest BCUT2D eigenvalue weighted by atomic mass is 32.2. The minimum Gasteiger partial charge on any atom is -0.486 e. The summed E-state index contributed by atoms with van der Waals surface area (Å²) >= 11 is 1.59. The second-order valence-corrected chi connectivity index (χ2v) is 12.2. The summed E-state index contributed by atoms with van der Waals surface area (Å²) in [5.41, 5.74) is 2.61. The molecular formula is C26H38N2O3S2. The smallest absolute Gasteiger partial charge is 0.184 e. The lowest BCUT2D eigenvalue weighted by molar-refractivity contribution is -0.128. The first-order valence-electron chi connectivity index (χ1n) is 11.4. The van der Waals surface area contributed by atoms with Crippen molar-refractivity contribution in [3.05, 3.63) is 45.8 Å². The molecule has 1 aromatic carbocycles. The zero-order chi connectivity index (χ0) is 25.0. The van der Waals surface area contributed by atoms with Crippen LogP contribution in [0.5, 0.6) is 5.75 Å². The molecule has 1 atom stereocenters. The number of ether oxygens (including phenoxy) is 1. The largest absolute Gasteiger partial charge is 0.486 e. The van der Waals surface area contributed by atoms with E-state index in [1.165, 1.54) is 10.4 Å². The van der Waals surface area contributed by atoms with Gasteiger partial charge in [-0.25, -0.2) is 4.21 Å². The molecule has 5 nitrogen and oxygen atoms in total. The molecule has 0 fully saturated rings. The van der Waals surface area contributed by atoms with Crippen molar-refractivity contribution in [2.75, 3.05) is 20.7 Å². The summed E-state index contributed by atoms with van der Waals surface area (Å²) in [6.07, 6.45) is 3.42. The van der Waals surface area contributed by atoms with Crippen molar-refractivity contribution in [3.8, 4) is 5.75 Å². The van der Waals surface area contributed by atoms with Crippen LogP contribution in [-0.2, 0) is 21.2 Å². The Labute approximate surface area is 205 Å². The van der Waals surface area contributed by atoms with Crippen LogP contribution in [-0.4, -0.2) is 41.9 Å². The monoisotopic (exact) mass is 490 g/mol. The summed E-state index contributed by atoms with van der Waals surface area (Å²) in [4.78, 5) is 15.2. The molecule has 0 bridgehead atoms. The van der Waals surface area contributed by atoms with Crippen molar-refractivity contribution in [2.45, 2.75) is 70.9 Å². The Hall–Kier alpha value is -1.99.